The molecule has 1 aromatic carbocycles. The van der Waals surface area contributed by atoms with E-state index in [0.717, 1.165) is 24.4 Å². The molecule has 1 rings (SSSR count). The van der Waals surface area contributed by atoms with Crippen molar-refractivity contribution in [2.45, 2.75) is 38.1 Å². The van der Waals surface area contributed by atoms with Crippen LogP contribution in [0, 0.1) is 0 Å². The van der Waals surface area contributed by atoms with Crippen molar-refractivity contribution in [1.29, 1.82) is 0 Å². The highest BCUT2D eigenvalue weighted by atomic mass is 32.2. The minimum atomic E-state index is -0.101. The monoisotopic (exact) mass is 337 g/mol. The molecule has 0 aliphatic heterocycles. The predicted molar refractivity (Wildman–Crippen MR) is 95.9 cm³/mol. The Morgan fingerprint density at radius 3 is 2.57 bits per heavy atom. The lowest BCUT2D eigenvalue weighted by molar-refractivity contribution is -0.119. The zero-order chi connectivity index (χ0) is 17.1. The minimum absolute atomic E-state index is 0.0241. The highest BCUT2D eigenvalue weighted by Gasteiger charge is 2.12. The first-order chi connectivity index (χ1) is 11.0. The first kappa shape index (κ1) is 19.5. The Balaban J connectivity index is 2.52. The fourth-order valence-corrected chi connectivity index (χ4v) is 2.81. The molecule has 23 heavy (non-hydrogen) atoms. The molecule has 128 valence electrons. The number of carbonyl (C=O) groups is 2. The summed E-state index contributed by atoms with van der Waals surface area (Å²) in [4.78, 5) is 24.8. The molecule has 6 heteroatoms. The summed E-state index contributed by atoms with van der Waals surface area (Å²) in [7, 11) is 0. The van der Waals surface area contributed by atoms with Crippen molar-refractivity contribution in [3.05, 3.63) is 29.8 Å². The summed E-state index contributed by atoms with van der Waals surface area (Å²) in [6.45, 7) is 8.26. The molecule has 0 bridgehead atoms. The smallest absolute Gasteiger partial charge is 0.252 e. The average molecular weight is 337 g/mol. The van der Waals surface area contributed by atoms with E-state index in [9.17, 15) is 9.59 Å². The Hall–Kier alpha value is -1.53. The van der Waals surface area contributed by atoms with Crippen LogP contribution in [0.15, 0.2) is 29.2 Å². The molecular formula is C17H27N3O2S. The summed E-state index contributed by atoms with van der Waals surface area (Å²) >= 11 is 1.38. The van der Waals surface area contributed by atoms with Gasteiger partial charge in [0.1, 0.15) is 0 Å². The van der Waals surface area contributed by atoms with E-state index in [1.807, 2.05) is 32.0 Å². The summed E-state index contributed by atoms with van der Waals surface area (Å²) in [5.41, 5.74) is 0.616. The Bertz CT molecular complexity index is 506. The van der Waals surface area contributed by atoms with E-state index in [2.05, 4.69) is 22.9 Å². The number of carbonyl (C=O) groups excluding carboxylic acids is 2. The van der Waals surface area contributed by atoms with Crippen LogP contribution < -0.4 is 16.0 Å². The molecule has 0 aromatic heterocycles. The average Bonchev–Trinajstić information content (AvgIpc) is 2.52. The standard InChI is InChI=1S/C17H27N3O2S/c1-4-9-18-10-11-19-17(22)14-7-5-6-8-15(14)23-12-16(21)20-13(2)3/h5-8,13,18H,4,9-12H2,1-3H3,(H,19,22)(H,20,21). The highest BCUT2D eigenvalue weighted by molar-refractivity contribution is 8.00. The predicted octanol–water partition coefficient (Wildman–Crippen LogP) is 2.03. The Morgan fingerprint density at radius 2 is 1.87 bits per heavy atom. The van der Waals surface area contributed by atoms with Crippen LogP contribution in [-0.4, -0.2) is 43.2 Å². The number of nitrogens with one attached hydrogen (secondary N) is 3. The van der Waals surface area contributed by atoms with Crippen molar-refractivity contribution < 1.29 is 9.59 Å². The second kappa shape index (κ2) is 11.1. The molecular weight excluding hydrogens is 310 g/mol. The molecule has 0 fully saturated rings. The molecule has 1 aromatic rings. The van der Waals surface area contributed by atoms with Crippen LogP contribution in [0.3, 0.4) is 0 Å². The van der Waals surface area contributed by atoms with E-state index >= 15 is 0 Å². The Morgan fingerprint density at radius 1 is 1.13 bits per heavy atom. The summed E-state index contributed by atoms with van der Waals surface area (Å²) < 4.78 is 0. The van der Waals surface area contributed by atoms with Crippen LogP contribution >= 0.6 is 11.8 Å². The maximum Gasteiger partial charge on any atom is 0.252 e. The molecule has 0 aliphatic carbocycles. The van der Waals surface area contributed by atoms with Crippen molar-refractivity contribution in [2.75, 3.05) is 25.4 Å². The van der Waals surface area contributed by atoms with E-state index in [1.165, 1.54) is 11.8 Å². The van der Waals surface area contributed by atoms with Gasteiger partial charge < -0.3 is 16.0 Å². The molecule has 3 N–H and O–H groups in total. The van der Waals surface area contributed by atoms with Crippen LogP contribution in [0.4, 0.5) is 0 Å². The second-order valence-electron chi connectivity index (χ2n) is 5.51. The van der Waals surface area contributed by atoms with E-state index in [4.69, 9.17) is 0 Å². The van der Waals surface area contributed by atoms with Gasteiger partial charge in [-0.05, 0) is 38.9 Å². The lowest BCUT2D eigenvalue weighted by Crippen LogP contribution is -2.32. The SMILES string of the molecule is CCCNCCNC(=O)c1ccccc1SCC(=O)NC(C)C. The van der Waals surface area contributed by atoms with Gasteiger partial charge in [-0.2, -0.15) is 0 Å². The Labute approximate surface area is 143 Å². The fourth-order valence-electron chi connectivity index (χ4n) is 1.95. The first-order valence-electron chi connectivity index (χ1n) is 8.04. The first-order valence-corrected chi connectivity index (χ1v) is 9.03. The zero-order valence-corrected chi connectivity index (χ0v) is 15.0. The molecule has 0 radical (unpaired) electrons. The van der Waals surface area contributed by atoms with Crippen LogP contribution in [0.1, 0.15) is 37.6 Å². The maximum atomic E-state index is 12.3. The van der Waals surface area contributed by atoms with Gasteiger partial charge in [0.15, 0.2) is 0 Å². The molecule has 0 spiro atoms. The summed E-state index contributed by atoms with van der Waals surface area (Å²) in [5.74, 6) is 0.181. The topological polar surface area (TPSA) is 70.2 Å². The lowest BCUT2D eigenvalue weighted by atomic mass is 10.2. The zero-order valence-electron chi connectivity index (χ0n) is 14.1. The van der Waals surface area contributed by atoms with Gasteiger partial charge in [0.2, 0.25) is 5.91 Å². The number of amides is 2. The van der Waals surface area contributed by atoms with E-state index in [-0.39, 0.29) is 17.9 Å². The third-order valence-corrected chi connectivity index (χ3v) is 4.03. The number of rotatable bonds is 10. The largest absolute Gasteiger partial charge is 0.353 e. The normalized spacial score (nSPS) is 10.6. The molecule has 0 aliphatic rings. The second-order valence-corrected chi connectivity index (χ2v) is 6.53. The van der Waals surface area contributed by atoms with E-state index in [0.29, 0.717) is 17.9 Å². The van der Waals surface area contributed by atoms with E-state index in [1.54, 1.807) is 6.07 Å². The highest BCUT2D eigenvalue weighted by Crippen LogP contribution is 2.22. The number of thioether (sulfide) groups is 1. The van der Waals surface area contributed by atoms with Crippen LogP contribution in [-0.2, 0) is 4.79 Å². The van der Waals surface area contributed by atoms with Gasteiger partial charge in [-0.1, -0.05) is 19.1 Å². The van der Waals surface area contributed by atoms with Gasteiger partial charge in [-0.3, -0.25) is 9.59 Å². The van der Waals surface area contributed by atoms with Gasteiger partial charge in [0.05, 0.1) is 11.3 Å². The number of hydrogen-bond donors (Lipinski definition) is 3. The summed E-state index contributed by atoms with van der Waals surface area (Å²) in [6.07, 6.45) is 1.08. The van der Waals surface area contributed by atoms with Crippen LogP contribution in [0.2, 0.25) is 0 Å². The van der Waals surface area contributed by atoms with Crippen molar-refractivity contribution in [2.24, 2.45) is 0 Å². The molecule has 0 heterocycles. The number of benzene rings is 1. The third-order valence-electron chi connectivity index (χ3n) is 2.95. The molecule has 0 unspecified atom stereocenters. The van der Waals surface area contributed by atoms with E-state index < -0.39 is 0 Å². The van der Waals surface area contributed by atoms with Crippen molar-refractivity contribution >= 4 is 23.6 Å². The molecule has 2 amide bonds. The van der Waals surface area contributed by atoms with Gasteiger partial charge in [0.25, 0.3) is 5.91 Å². The van der Waals surface area contributed by atoms with Crippen molar-refractivity contribution in [1.82, 2.24) is 16.0 Å². The molecule has 5 nitrogen and oxygen atoms in total. The van der Waals surface area contributed by atoms with Gasteiger partial charge >= 0.3 is 0 Å². The molecule has 0 atom stereocenters. The minimum Gasteiger partial charge on any atom is -0.353 e. The lowest BCUT2D eigenvalue weighted by Gasteiger charge is -2.11. The fraction of sp³-hybridized carbons (Fsp3) is 0.529. The quantitative estimate of drug-likeness (QED) is 0.451. The van der Waals surface area contributed by atoms with Crippen LogP contribution in [0.25, 0.3) is 0 Å². The summed E-state index contributed by atoms with van der Waals surface area (Å²) in [5, 5.41) is 8.99. The van der Waals surface area contributed by atoms with Crippen molar-refractivity contribution in [3.8, 4) is 0 Å². The number of hydrogen-bond acceptors (Lipinski definition) is 4. The van der Waals surface area contributed by atoms with Gasteiger partial charge in [-0.25, -0.2) is 0 Å². The third kappa shape index (κ3) is 8.04. The van der Waals surface area contributed by atoms with Crippen LogP contribution in [0.5, 0.6) is 0 Å². The molecule has 0 saturated heterocycles. The Kier molecular flexibility index (Phi) is 9.40. The van der Waals surface area contributed by atoms with Crippen molar-refractivity contribution in [3.63, 3.8) is 0 Å². The molecule has 0 saturated carbocycles. The van der Waals surface area contributed by atoms with Gasteiger partial charge in [0, 0.05) is 24.0 Å². The van der Waals surface area contributed by atoms with Gasteiger partial charge in [-0.15, -0.1) is 11.8 Å². The maximum absolute atomic E-state index is 12.3. The summed E-state index contributed by atoms with van der Waals surface area (Å²) in [6, 6.07) is 7.50.